The van der Waals surface area contributed by atoms with E-state index in [4.69, 9.17) is 4.74 Å². The molecule has 3 heteroatoms. The molecule has 0 radical (unpaired) electrons. The smallest absolute Gasteiger partial charge is 0.0594 e. The normalized spacial score (nSPS) is 28.4. The van der Waals surface area contributed by atoms with Crippen molar-refractivity contribution in [1.29, 1.82) is 0 Å². The van der Waals surface area contributed by atoms with E-state index in [0.29, 0.717) is 12.1 Å². The van der Waals surface area contributed by atoms with Crippen molar-refractivity contribution in [3.05, 3.63) is 0 Å². The van der Waals surface area contributed by atoms with E-state index >= 15 is 0 Å². The van der Waals surface area contributed by atoms with Gasteiger partial charge in [0.25, 0.3) is 0 Å². The van der Waals surface area contributed by atoms with Gasteiger partial charge in [-0.3, -0.25) is 0 Å². The molecular weight excluding hydrogens is 212 g/mol. The molecule has 1 aliphatic carbocycles. The minimum Gasteiger partial charge on any atom is -0.377 e. The molecule has 1 heterocycles. The van der Waals surface area contributed by atoms with Crippen molar-refractivity contribution >= 4 is 0 Å². The summed E-state index contributed by atoms with van der Waals surface area (Å²) in [4.78, 5) is 2.44. The second-order valence-corrected chi connectivity index (χ2v) is 5.66. The summed E-state index contributed by atoms with van der Waals surface area (Å²) in [6.45, 7) is 4.43. The summed E-state index contributed by atoms with van der Waals surface area (Å²) in [6.07, 6.45) is 9.82. The first-order valence-electron chi connectivity index (χ1n) is 7.38. The van der Waals surface area contributed by atoms with Crippen LogP contribution in [0.15, 0.2) is 0 Å². The van der Waals surface area contributed by atoms with E-state index in [1.165, 1.54) is 58.0 Å². The lowest BCUT2D eigenvalue weighted by Crippen LogP contribution is -2.33. The van der Waals surface area contributed by atoms with Crippen molar-refractivity contribution in [2.45, 2.75) is 57.1 Å². The highest BCUT2D eigenvalue weighted by Crippen LogP contribution is 2.20. The Hall–Kier alpha value is -0.120. The van der Waals surface area contributed by atoms with Crippen LogP contribution in [0, 0.1) is 0 Å². The number of ether oxygens (including phenoxy) is 1. The Morgan fingerprint density at radius 2 is 1.88 bits per heavy atom. The number of likely N-dealkylation sites (tertiary alicyclic amines) is 1. The lowest BCUT2D eigenvalue weighted by atomic mass is 10.1. The van der Waals surface area contributed by atoms with E-state index in [2.05, 4.69) is 17.3 Å². The van der Waals surface area contributed by atoms with Crippen LogP contribution in [0.4, 0.5) is 0 Å². The first-order chi connectivity index (χ1) is 8.34. The van der Waals surface area contributed by atoms with Crippen LogP contribution in [0.5, 0.6) is 0 Å². The highest BCUT2D eigenvalue weighted by molar-refractivity contribution is 4.73. The first-order valence-corrected chi connectivity index (χ1v) is 7.38. The number of hydrogen-bond donors (Lipinski definition) is 1. The first kappa shape index (κ1) is 13.3. The SMILES string of the molecule is CN1CCCC(NCCOC2CCCC2)CC1. The summed E-state index contributed by atoms with van der Waals surface area (Å²) < 4.78 is 5.87. The van der Waals surface area contributed by atoms with Gasteiger partial charge in [0.15, 0.2) is 0 Å². The van der Waals surface area contributed by atoms with E-state index in [1.807, 2.05) is 0 Å². The van der Waals surface area contributed by atoms with Gasteiger partial charge in [0, 0.05) is 12.6 Å². The molecule has 1 saturated heterocycles. The van der Waals surface area contributed by atoms with Crippen molar-refractivity contribution in [3.63, 3.8) is 0 Å². The molecule has 0 amide bonds. The number of hydrogen-bond acceptors (Lipinski definition) is 3. The predicted octanol–water partition coefficient (Wildman–Crippen LogP) is 2.02. The van der Waals surface area contributed by atoms with Crippen LogP contribution in [-0.4, -0.2) is 50.3 Å². The number of nitrogens with zero attached hydrogens (tertiary/aromatic N) is 1. The molecule has 0 aromatic carbocycles. The molecule has 2 aliphatic rings. The quantitative estimate of drug-likeness (QED) is 0.744. The summed E-state index contributed by atoms with van der Waals surface area (Å²) in [6, 6.07) is 0.715. The molecule has 0 bridgehead atoms. The Labute approximate surface area is 106 Å². The average molecular weight is 240 g/mol. The van der Waals surface area contributed by atoms with E-state index in [9.17, 15) is 0 Å². The zero-order chi connectivity index (χ0) is 11.9. The van der Waals surface area contributed by atoms with Crippen molar-refractivity contribution in [1.82, 2.24) is 10.2 Å². The maximum atomic E-state index is 5.87. The van der Waals surface area contributed by atoms with Gasteiger partial charge in [0.1, 0.15) is 0 Å². The van der Waals surface area contributed by atoms with Crippen molar-refractivity contribution in [2.24, 2.45) is 0 Å². The van der Waals surface area contributed by atoms with E-state index in [1.54, 1.807) is 0 Å². The van der Waals surface area contributed by atoms with Crippen LogP contribution >= 0.6 is 0 Å². The third kappa shape index (κ3) is 4.94. The van der Waals surface area contributed by atoms with Crippen LogP contribution in [0.3, 0.4) is 0 Å². The lowest BCUT2D eigenvalue weighted by molar-refractivity contribution is 0.0589. The fourth-order valence-corrected chi connectivity index (χ4v) is 2.99. The van der Waals surface area contributed by atoms with Crippen LogP contribution in [0.1, 0.15) is 44.9 Å². The standard InChI is InChI=1S/C14H28N2O/c1-16-10-4-5-13(8-11-16)15-9-12-17-14-6-2-3-7-14/h13-15H,2-12H2,1H3. The topological polar surface area (TPSA) is 24.5 Å². The second-order valence-electron chi connectivity index (χ2n) is 5.66. The van der Waals surface area contributed by atoms with Gasteiger partial charge in [-0.1, -0.05) is 12.8 Å². The van der Waals surface area contributed by atoms with E-state index in [0.717, 1.165) is 13.2 Å². The molecule has 100 valence electrons. The highest BCUT2D eigenvalue weighted by atomic mass is 16.5. The summed E-state index contributed by atoms with van der Waals surface area (Å²) in [5.41, 5.74) is 0. The van der Waals surface area contributed by atoms with Gasteiger partial charge >= 0.3 is 0 Å². The van der Waals surface area contributed by atoms with E-state index < -0.39 is 0 Å². The molecule has 1 atom stereocenters. The largest absolute Gasteiger partial charge is 0.377 e. The molecule has 0 aromatic heterocycles. The molecule has 1 N–H and O–H groups in total. The molecule has 17 heavy (non-hydrogen) atoms. The third-order valence-corrected chi connectivity index (χ3v) is 4.14. The van der Waals surface area contributed by atoms with Gasteiger partial charge in [-0.05, 0) is 52.2 Å². The Kier molecular flexibility index (Phi) is 5.75. The minimum absolute atomic E-state index is 0.567. The Morgan fingerprint density at radius 1 is 1.06 bits per heavy atom. The van der Waals surface area contributed by atoms with Crippen LogP contribution in [0.25, 0.3) is 0 Å². The molecule has 3 nitrogen and oxygen atoms in total. The van der Waals surface area contributed by atoms with Crippen molar-refractivity contribution in [3.8, 4) is 0 Å². The monoisotopic (exact) mass is 240 g/mol. The summed E-state index contributed by atoms with van der Waals surface area (Å²) in [7, 11) is 2.23. The minimum atomic E-state index is 0.567. The Bertz CT molecular complexity index is 204. The predicted molar refractivity (Wildman–Crippen MR) is 71.3 cm³/mol. The molecule has 2 fully saturated rings. The lowest BCUT2D eigenvalue weighted by Gasteiger charge is -2.18. The molecule has 0 aromatic rings. The van der Waals surface area contributed by atoms with Crippen LogP contribution in [-0.2, 0) is 4.74 Å². The fraction of sp³-hybridized carbons (Fsp3) is 1.00. The van der Waals surface area contributed by atoms with Crippen molar-refractivity contribution in [2.75, 3.05) is 33.3 Å². The van der Waals surface area contributed by atoms with Gasteiger partial charge < -0.3 is 15.0 Å². The summed E-state index contributed by atoms with van der Waals surface area (Å²) in [5, 5.41) is 3.65. The fourth-order valence-electron chi connectivity index (χ4n) is 2.99. The number of nitrogens with one attached hydrogen (secondary N) is 1. The molecule has 2 rings (SSSR count). The maximum Gasteiger partial charge on any atom is 0.0594 e. The summed E-state index contributed by atoms with van der Waals surface area (Å²) in [5.74, 6) is 0. The van der Waals surface area contributed by atoms with E-state index in [-0.39, 0.29) is 0 Å². The molecule has 0 spiro atoms. The zero-order valence-electron chi connectivity index (χ0n) is 11.3. The zero-order valence-corrected chi connectivity index (χ0v) is 11.3. The molecule has 1 unspecified atom stereocenters. The second kappa shape index (κ2) is 7.34. The Morgan fingerprint density at radius 3 is 2.71 bits per heavy atom. The van der Waals surface area contributed by atoms with Crippen molar-refractivity contribution < 1.29 is 4.74 Å². The highest BCUT2D eigenvalue weighted by Gasteiger charge is 2.16. The molecule has 1 aliphatic heterocycles. The Balaban J connectivity index is 1.52. The van der Waals surface area contributed by atoms with Gasteiger partial charge in [0.2, 0.25) is 0 Å². The van der Waals surface area contributed by atoms with Crippen LogP contribution in [0.2, 0.25) is 0 Å². The average Bonchev–Trinajstić information content (AvgIpc) is 2.75. The van der Waals surface area contributed by atoms with Gasteiger partial charge in [-0.25, -0.2) is 0 Å². The third-order valence-electron chi connectivity index (χ3n) is 4.14. The van der Waals surface area contributed by atoms with Gasteiger partial charge in [-0.2, -0.15) is 0 Å². The summed E-state index contributed by atoms with van der Waals surface area (Å²) >= 11 is 0. The van der Waals surface area contributed by atoms with Gasteiger partial charge in [-0.15, -0.1) is 0 Å². The molecule has 1 saturated carbocycles. The molecular formula is C14H28N2O. The van der Waals surface area contributed by atoms with Gasteiger partial charge in [0.05, 0.1) is 12.7 Å². The number of rotatable bonds is 5. The van der Waals surface area contributed by atoms with Crippen LogP contribution < -0.4 is 5.32 Å². The maximum absolute atomic E-state index is 5.87.